The molecule has 2 heterocycles. The van der Waals surface area contributed by atoms with Crippen LogP contribution < -0.4 is 10.0 Å². The standard InChI is InChI=1S/C15H10N2O5S2/c1-7(18)17-9-5-3-2-4-8(9)11(13(17)21)12-14(22)16(6-10(19)20)15(23)24-12/h2-5H,6H2,1H3,(H,19,20)/p-1/b12-11+. The third-order valence-corrected chi connectivity index (χ3v) is 4.96. The molecule has 0 N–H and O–H groups in total. The molecule has 0 aromatic heterocycles. The topological polar surface area (TPSA) is 97.8 Å². The molecule has 0 bridgehead atoms. The fraction of sp³-hybridized carbons (Fsp3) is 0.133. The van der Waals surface area contributed by atoms with Crippen molar-refractivity contribution in [2.75, 3.05) is 11.4 Å². The number of thioether (sulfide) groups is 1. The molecule has 3 rings (SSSR count). The Bertz CT molecular complexity index is 861. The highest BCUT2D eigenvalue weighted by molar-refractivity contribution is 8.26. The van der Waals surface area contributed by atoms with Gasteiger partial charge < -0.3 is 9.90 Å². The molecule has 0 radical (unpaired) electrons. The lowest BCUT2D eigenvalue weighted by Gasteiger charge is -2.14. The van der Waals surface area contributed by atoms with Gasteiger partial charge in [0, 0.05) is 12.5 Å². The van der Waals surface area contributed by atoms with Crippen LogP contribution >= 0.6 is 24.0 Å². The van der Waals surface area contributed by atoms with Crippen LogP contribution in [0, 0.1) is 0 Å². The molecule has 0 spiro atoms. The molecule has 0 aliphatic carbocycles. The summed E-state index contributed by atoms with van der Waals surface area (Å²) in [6.07, 6.45) is 0. The number of fused-ring (bicyclic) bond motifs is 1. The Morgan fingerprint density at radius 3 is 2.50 bits per heavy atom. The third kappa shape index (κ3) is 2.42. The second kappa shape index (κ2) is 5.84. The highest BCUT2D eigenvalue weighted by Gasteiger charge is 2.43. The van der Waals surface area contributed by atoms with E-state index in [0.29, 0.717) is 11.3 Å². The van der Waals surface area contributed by atoms with Gasteiger partial charge in [-0.25, -0.2) is 4.90 Å². The van der Waals surface area contributed by atoms with Crippen molar-refractivity contribution in [3.63, 3.8) is 0 Å². The van der Waals surface area contributed by atoms with E-state index in [-0.39, 0.29) is 14.8 Å². The molecule has 1 fully saturated rings. The van der Waals surface area contributed by atoms with Crippen molar-refractivity contribution in [1.82, 2.24) is 4.90 Å². The van der Waals surface area contributed by atoms with E-state index >= 15 is 0 Å². The van der Waals surface area contributed by atoms with Crippen LogP contribution in [0.15, 0.2) is 29.2 Å². The average Bonchev–Trinajstić information content (AvgIpc) is 2.94. The van der Waals surface area contributed by atoms with Gasteiger partial charge >= 0.3 is 0 Å². The Morgan fingerprint density at radius 2 is 1.88 bits per heavy atom. The van der Waals surface area contributed by atoms with Gasteiger partial charge in [0.15, 0.2) is 0 Å². The van der Waals surface area contributed by atoms with Gasteiger partial charge in [0.1, 0.15) is 4.32 Å². The number of carboxylic acids is 1. The number of hydrogen-bond donors (Lipinski definition) is 0. The molecule has 7 nitrogen and oxygen atoms in total. The summed E-state index contributed by atoms with van der Waals surface area (Å²) in [4.78, 5) is 49.6. The average molecular weight is 361 g/mol. The molecular formula is C15H9N2O5S2-. The number of nitrogens with zero attached hydrogens (tertiary/aromatic N) is 2. The molecule has 1 aromatic rings. The SMILES string of the molecule is CC(=O)N1C(=O)/C(=C2/SC(=S)N(CC(=O)[O-])C2=O)c2ccccc21. The Kier molecular flexibility index (Phi) is 3.98. The van der Waals surface area contributed by atoms with Crippen LogP contribution in [-0.4, -0.2) is 39.5 Å². The van der Waals surface area contributed by atoms with Crippen LogP contribution in [0.4, 0.5) is 5.69 Å². The molecular weight excluding hydrogens is 352 g/mol. The number of imide groups is 1. The maximum Gasteiger partial charge on any atom is 0.267 e. The Labute approximate surface area is 145 Å². The smallest absolute Gasteiger partial charge is 0.267 e. The predicted octanol–water partition coefficient (Wildman–Crippen LogP) is -0.0990. The van der Waals surface area contributed by atoms with Gasteiger partial charge in [-0.3, -0.25) is 19.3 Å². The number of aliphatic carboxylic acids is 1. The second-order valence-corrected chi connectivity index (χ2v) is 6.66. The minimum Gasteiger partial charge on any atom is -0.548 e. The number of anilines is 1. The number of thiocarbonyl (C=S) groups is 1. The van der Waals surface area contributed by atoms with E-state index in [2.05, 4.69) is 0 Å². The van der Waals surface area contributed by atoms with Crippen molar-refractivity contribution in [1.29, 1.82) is 0 Å². The van der Waals surface area contributed by atoms with E-state index in [4.69, 9.17) is 12.2 Å². The lowest BCUT2D eigenvalue weighted by atomic mass is 10.1. The van der Waals surface area contributed by atoms with Crippen molar-refractivity contribution in [3.8, 4) is 0 Å². The fourth-order valence-electron chi connectivity index (χ4n) is 2.56. The van der Waals surface area contributed by atoms with Gasteiger partial charge in [0.25, 0.3) is 11.8 Å². The van der Waals surface area contributed by atoms with Crippen molar-refractivity contribution in [2.45, 2.75) is 6.92 Å². The number of amides is 3. The van der Waals surface area contributed by atoms with Crippen molar-refractivity contribution >= 4 is 63.3 Å². The largest absolute Gasteiger partial charge is 0.548 e. The van der Waals surface area contributed by atoms with E-state index in [0.717, 1.165) is 21.6 Å². The summed E-state index contributed by atoms with van der Waals surface area (Å²) in [5, 5.41) is 10.8. The summed E-state index contributed by atoms with van der Waals surface area (Å²) in [6.45, 7) is 0.562. The molecule has 0 atom stereocenters. The van der Waals surface area contributed by atoms with E-state index < -0.39 is 30.2 Å². The first-order valence-electron chi connectivity index (χ1n) is 6.75. The fourth-order valence-corrected chi connectivity index (χ4v) is 3.89. The first-order valence-corrected chi connectivity index (χ1v) is 7.97. The lowest BCUT2D eigenvalue weighted by molar-refractivity contribution is -0.305. The van der Waals surface area contributed by atoms with Crippen LogP contribution in [0.1, 0.15) is 12.5 Å². The minimum absolute atomic E-state index is 0.0162. The monoisotopic (exact) mass is 361 g/mol. The molecule has 2 aliphatic heterocycles. The van der Waals surface area contributed by atoms with E-state index in [1.165, 1.54) is 6.92 Å². The van der Waals surface area contributed by atoms with Gasteiger partial charge in [-0.05, 0) is 6.07 Å². The summed E-state index contributed by atoms with van der Waals surface area (Å²) < 4.78 is 0.0262. The van der Waals surface area contributed by atoms with Crippen LogP contribution in [0.5, 0.6) is 0 Å². The number of carbonyl (C=O) groups is 4. The van der Waals surface area contributed by atoms with Crippen molar-refractivity contribution < 1.29 is 24.3 Å². The van der Waals surface area contributed by atoms with E-state index in [9.17, 15) is 24.3 Å². The Balaban J connectivity index is 2.15. The zero-order valence-corrected chi connectivity index (χ0v) is 13.9. The molecule has 1 aromatic carbocycles. The molecule has 3 amide bonds. The predicted molar refractivity (Wildman–Crippen MR) is 88.4 cm³/mol. The number of hydrogen-bond acceptors (Lipinski definition) is 7. The zero-order chi connectivity index (χ0) is 17.6. The second-order valence-electron chi connectivity index (χ2n) is 5.01. The van der Waals surface area contributed by atoms with Gasteiger partial charge in [0.05, 0.1) is 28.7 Å². The van der Waals surface area contributed by atoms with Crippen LogP contribution in [0.25, 0.3) is 5.57 Å². The number of carbonyl (C=O) groups excluding carboxylic acids is 4. The third-order valence-electron chi connectivity index (χ3n) is 3.51. The van der Waals surface area contributed by atoms with Crippen LogP contribution in [-0.2, 0) is 19.2 Å². The van der Waals surface area contributed by atoms with E-state index in [1.54, 1.807) is 24.3 Å². The highest BCUT2D eigenvalue weighted by atomic mass is 32.2. The molecule has 9 heteroatoms. The highest BCUT2D eigenvalue weighted by Crippen LogP contribution is 2.44. The first-order chi connectivity index (χ1) is 11.3. The maximum absolute atomic E-state index is 12.7. The van der Waals surface area contributed by atoms with Crippen LogP contribution in [0.2, 0.25) is 0 Å². The summed E-state index contributed by atoms with van der Waals surface area (Å²) >= 11 is 5.86. The zero-order valence-electron chi connectivity index (χ0n) is 12.3. The van der Waals surface area contributed by atoms with Gasteiger partial charge in [-0.2, -0.15) is 0 Å². The molecule has 122 valence electrons. The summed E-state index contributed by atoms with van der Waals surface area (Å²) in [5.74, 6) is -3.25. The summed E-state index contributed by atoms with van der Waals surface area (Å²) in [5.41, 5.74) is 0.876. The number of para-hydroxylation sites is 1. The van der Waals surface area contributed by atoms with Gasteiger partial charge in [-0.15, -0.1) is 0 Å². The summed E-state index contributed by atoms with van der Waals surface area (Å²) in [6, 6.07) is 6.57. The van der Waals surface area contributed by atoms with Crippen LogP contribution in [0.3, 0.4) is 0 Å². The van der Waals surface area contributed by atoms with Crippen molar-refractivity contribution in [2.24, 2.45) is 0 Å². The van der Waals surface area contributed by atoms with Gasteiger partial charge in [-0.1, -0.05) is 42.2 Å². The first kappa shape index (κ1) is 16.3. The quantitative estimate of drug-likeness (QED) is 0.536. The number of carboxylic acid groups (broad SMARTS) is 1. The maximum atomic E-state index is 12.7. The minimum atomic E-state index is -1.46. The lowest BCUT2D eigenvalue weighted by Crippen LogP contribution is -2.40. The Morgan fingerprint density at radius 1 is 1.21 bits per heavy atom. The van der Waals surface area contributed by atoms with Crippen molar-refractivity contribution in [3.05, 3.63) is 34.7 Å². The molecule has 0 saturated carbocycles. The number of rotatable bonds is 2. The van der Waals surface area contributed by atoms with E-state index in [1.807, 2.05) is 0 Å². The molecule has 24 heavy (non-hydrogen) atoms. The molecule has 2 aliphatic rings. The Hall–Kier alpha value is -2.52. The molecule has 0 unspecified atom stereocenters. The number of benzene rings is 1. The normalized spacial score (nSPS) is 20.0. The van der Waals surface area contributed by atoms with Gasteiger partial charge in [0.2, 0.25) is 5.91 Å². The molecule has 1 saturated heterocycles. The summed E-state index contributed by atoms with van der Waals surface area (Å²) in [7, 11) is 0.